The fraction of sp³-hybridized carbons (Fsp3) is 0.259. The Morgan fingerprint density at radius 2 is 1.37 bits per heavy atom. The molecule has 0 unspecified atom stereocenters. The third kappa shape index (κ3) is 7.37. The molecule has 1 aliphatic heterocycles. The molecule has 0 saturated carbocycles. The van der Waals surface area contributed by atoms with Crippen molar-refractivity contribution in [1.29, 1.82) is 0 Å². The molecule has 0 atom stereocenters. The van der Waals surface area contributed by atoms with Crippen LogP contribution in [0.5, 0.6) is 11.5 Å². The molecule has 0 aromatic heterocycles. The van der Waals surface area contributed by atoms with Gasteiger partial charge in [-0.25, -0.2) is 4.39 Å². The second kappa shape index (κ2) is 11.6. The average molecular weight is 477 g/mol. The number of carbonyl (C=O) groups is 2. The van der Waals surface area contributed by atoms with Crippen molar-refractivity contribution < 1.29 is 18.7 Å². The molecule has 2 amide bonds. The molecule has 1 saturated heterocycles. The number of nitrogens with one attached hydrogen (secondary N) is 2. The molecular formula is C27H29FN4O3. The summed E-state index contributed by atoms with van der Waals surface area (Å²) in [5.74, 6) is 0.685. The average Bonchev–Trinajstić information content (AvgIpc) is 2.84. The lowest BCUT2D eigenvalue weighted by atomic mass is 10.2. The molecule has 0 spiro atoms. The summed E-state index contributed by atoms with van der Waals surface area (Å²) in [6.07, 6.45) is 0. The molecule has 3 aromatic rings. The van der Waals surface area contributed by atoms with Gasteiger partial charge in [0.15, 0.2) is 5.75 Å². The Morgan fingerprint density at radius 1 is 0.800 bits per heavy atom. The van der Waals surface area contributed by atoms with Crippen LogP contribution < -0.4 is 15.4 Å². The standard InChI is InChI=1S/C27H29FN4O3/c1-20-6-12-23(13-7-20)35-25-5-3-2-4-24(25)30-27(34)19-32-16-14-31(15-17-32)18-26(33)29-22-10-8-21(28)9-11-22/h2-13H,14-19H2,1H3,(H,29,33)(H,30,34). The lowest BCUT2D eigenvalue weighted by Gasteiger charge is -2.33. The normalized spacial score (nSPS) is 14.3. The van der Waals surface area contributed by atoms with Crippen LogP contribution in [0.2, 0.25) is 0 Å². The van der Waals surface area contributed by atoms with E-state index in [9.17, 15) is 14.0 Å². The second-order valence-electron chi connectivity index (χ2n) is 8.57. The molecule has 4 rings (SSSR count). The SMILES string of the molecule is Cc1ccc(Oc2ccccc2NC(=O)CN2CCN(CC(=O)Nc3ccc(F)cc3)CC2)cc1. The maximum Gasteiger partial charge on any atom is 0.238 e. The van der Waals surface area contributed by atoms with Gasteiger partial charge in [-0.3, -0.25) is 19.4 Å². The van der Waals surface area contributed by atoms with E-state index in [4.69, 9.17) is 4.74 Å². The van der Waals surface area contributed by atoms with E-state index in [1.807, 2.05) is 60.4 Å². The topological polar surface area (TPSA) is 73.9 Å². The molecule has 182 valence electrons. The Morgan fingerprint density at radius 3 is 2.00 bits per heavy atom. The summed E-state index contributed by atoms with van der Waals surface area (Å²) in [5.41, 5.74) is 2.33. The molecule has 0 aliphatic carbocycles. The van der Waals surface area contributed by atoms with Gasteiger partial charge in [0, 0.05) is 31.9 Å². The highest BCUT2D eigenvalue weighted by Crippen LogP contribution is 2.29. The first-order chi connectivity index (χ1) is 16.9. The number of halogens is 1. The van der Waals surface area contributed by atoms with Crippen LogP contribution in [0.25, 0.3) is 0 Å². The van der Waals surface area contributed by atoms with E-state index in [2.05, 4.69) is 15.5 Å². The van der Waals surface area contributed by atoms with Crippen LogP contribution in [-0.2, 0) is 9.59 Å². The lowest BCUT2D eigenvalue weighted by molar-refractivity contribution is -0.120. The molecule has 35 heavy (non-hydrogen) atoms. The molecule has 0 radical (unpaired) electrons. The highest BCUT2D eigenvalue weighted by atomic mass is 19.1. The van der Waals surface area contributed by atoms with Crippen molar-refractivity contribution in [2.45, 2.75) is 6.92 Å². The summed E-state index contributed by atoms with van der Waals surface area (Å²) in [4.78, 5) is 29.1. The molecule has 3 aromatic carbocycles. The van der Waals surface area contributed by atoms with Gasteiger partial charge < -0.3 is 15.4 Å². The van der Waals surface area contributed by atoms with E-state index >= 15 is 0 Å². The zero-order valence-corrected chi connectivity index (χ0v) is 19.7. The number of aryl methyl sites for hydroxylation is 1. The van der Waals surface area contributed by atoms with Gasteiger partial charge in [-0.15, -0.1) is 0 Å². The summed E-state index contributed by atoms with van der Waals surface area (Å²) in [7, 11) is 0. The van der Waals surface area contributed by atoms with Gasteiger partial charge in [0.2, 0.25) is 11.8 Å². The van der Waals surface area contributed by atoms with E-state index in [-0.39, 0.29) is 30.7 Å². The molecule has 1 aliphatic rings. The first-order valence-corrected chi connectivity index (χ1v) is 11.6. The summed E-state index contributed by atoms with van der Waals surface area (Å²) < 4.78 is 19.0. The van der Waals surface area contributed by atoms with Crippen LogP contribution in [0.3, 0.4) is 0 Å². The second-order valence-corrected chi connectivity index (χ2v) is 8.57. The zero-order chi connectivity index (χ0) is 24.6. The number of hydrogen-bond acceptors (Lipinski definition) is 5. The summed E-state index contributed by atoms with van der Waals surface area (Å²) in [6, 6.07) is 20.8. The minimum Gasteiger partial charge on any atom is -0.455 e. The van der Waals surface area contributed by atoms with E-state index in [0.29, 0.717) is 49.1 Å². The molecule has 7 nitrogen and oxygen atoms in total. The number of rotatable bonds is 8. The minimum absolute atomic E-state index is 0.118. The van der Waals surface area contributed by atoms with E-state index in [1.54, 1.807) is 0 Å². The number of anilines is 2. The number of nitrogens with zero attached hydrogens (tertiary/aromatic N) is 2. The number of amides is 2. The van der Waals surface area contributed by atoms with Crippen LogP contribution in [0.4, 0.5) is 15.8 Å². The van der Waals surface area contributed by atoms with Gasteiger partial charge in [0.25, 0.3) is 0 Å². The van der Waals surface area contributed by atoms with Crippen LogP contribution in [-0.4, -0.2) is 60.9 Å². The van der Waals surface area contributed by atoms with Crippen LogP contribution in [0.1, 0.15) is 5.56 Å². The van der Waals surface area contributed by atoms with Crippen LogP contribution in [0.15, 0.2) is 72.8 Å². The van der Waals surface area contributed by atoms with Gasteiger partial charge >= 0.3 is 0 Å². The number of ether oxygens (including phenoxy) is 1. The summed E-state index contributed by atoms with van der Waals surface area (Å²) in [6.45, 7) is 5.24. The molecule has 1 heterocycles. The van der Waals surface area contributed by atoms with Gasteiger partial charge in [-0.05, 0) is 55.5 Å². The Labute approximate surface area is 204 Å². The van der Waals surface area contributed by atoms with E-state index < -0.39 is 0 Å². The first-order valence-electron chi connectivity index (χ1n) is 11.6. The maximum absolute atomic E-state index is 13.0. The van der Waals surface area contributed by atoms with Crippen LogP contribution in [0, 0.1) is 12.7 Å². The Balaban J connectivity index is 1.22. The number of carbonyl (C=O) groups excluding carboxylic acids is 2. The van der Waals surface area contributed by atoms with Gasteiger partial charge in [-0.1, -0.05) is 29.8 Å². The largest absolute Gasteiger partial charge is 0.455 e. The fourth-order valence-corrected chi connectivity index (χ4v) is 3.83. The molecular weight excluding hydrogens is 447 g/mol. The number of hydrogen-bond donors (Lipinski definition) is 2. The quantitative estimate of drug-likeness (QED) is 0.512. The number of para-hydroxylation sites is 2. The summed E-state index contributed by atoms with van der Waals surface area (Å²) >= 11 is 0. The monoisotopic (exact) mass is 476 g/mol. The summed E-state index contributed by atoms with van der Waals surface area (Å²) in [5, 5.41) is 5.73. The van der Waals surface area contributed by atoms with Crippen molar-refractivity contribution in [2.24, 2.45) is 0 Å². The lowest BCUT2D eigenvalue weighted by Crippen LogP contribution is -2.50. The van der Waals surface area contributed by atoms with Gasteiger partial charge in [-0.2, -0.15) is 0 Å². The zero-order valence-electron chi connectivity index (χ0n) is 19.7. The Bertz CT molecular complexity index is 1140. The smallest absolute Gasteiger partial charge is 0.238 e. The third-order valence-electron chi connectivity index (χ3n) is 5.74. The molecule has 0 bridgehead atoms. The van der Waals surface area contributed by atoms with E-state index in [0.717, 1.165) is 5.56 Å². The van der Waals surface area contributed by atoms with Crippen molar-refractivity contribution in [2.75, 3.05) is 49.9 Å². The maximum atomic E-state index is 13.0. The van der Waals surface area contributed by atoms with Crippen molar-refractivity contribution >= 4 is 23.2 Å². The Hall–Kier alpha value is -3.75. The van der Waals surface area contributed by atoms with Crippen molar-refractivity contribution in [3.8, 4) is 11.5 Å². The molecule has 2 N–H and O–H groups in total. The molecule has 8 heteroatoms. The fourth-order valence-electron chi connectivity index (χ4n) is 3.83. The first kappa shape index (κ1) is 24.4. The predicted molar refractivity (Wildman–Crippen MR) is 134 cm³/mol. The van der Waals surface area contributed by atoms with Gasteiger partial charge in [0.1, 0.15) is 11.6 Å². The van der Waals surface area contributed by atoms with Crippen molar-refractivity contribution in [3.05, 3.63) is 84.2 Å². The van der Waals surface area contributed by atoms with Crippen molar-refractivity contribution in [1.82, 2.24) is 9.80 Å². The minimum atomic E-state index is -0.342. The highest BCUT2D eigenvalue weighted by molar-refractivity contribution is 5.94. The Kier molecular flexibility index (Phi) is 8.07. The number of piperazine rings is 1. The highest BCUT2D eigenvalue weighted by Gasteiger charge is 2.21. The third-order valence-corrected chi connectivity index (χ3v) is 5.74. The predicted octanol–water partition coefficient (Wildman–Crippen LogP) is 4.12. The number of benzene rings is 3. The van der Waals surface area contributed by atoms with Crippen LogP contribution >= 0.6 is 0 Å². The van der Waals surface area contributed by atoms with E-state index in [1.165, 1.54) is 24.3 Å². The molecule has 1 fully saturated rings. The van der Waals surface area contributed by atoms with Crippen molar-refractivity contribution in [3.63, 3.8) is 0 Å². The van der Waals surface area contributed by atoms with Gasteiger partial charge in [0.05, 0.1) is 18.8 Å².